The highest BCUT2D eigenvalue weighted by molar-refractivity contribution is 8.00. The van der Waals surface area contributed by atoms with Crippen molar-refractivity contribution in [2.75, 3.05) is 7.05 Å². The van der Waals surface area contributed by atoms with E-state index >= 15 is 0 Å². The topological polar surface area (TPSA) is 92.1 Å². The highest BCUT2D eigenvalue weighted by Crippen LogP contribution is 2.22. The molecule has 140 valence electrons. The van der Waals surface area contributed by atoms with Gasteiger partial charge in [0.2, 0.25) is 5.91 Å². The van der Waals surface area contributed by atoms with E-state index in [1.54, 1.807) is 25.8 Å². The summed E-state index contributed by atoms with van der Waals surface area (Å²) < 4.78 is 5.37. The minimum absolute atomic E-state index is 0.0894. The summed E-state index contributed by atoms with van der Waals surface area (Å²) in [4.78, 5) is 32.6. The average molecular weight is 384 g/mol. The smallest absolute Gasteiger partial charge is 0.251 e. The lowest BCUT2D eigenvalue weighted by Gasteiger charge is -2.19. The van der Waals surface area contributed by atoms with Gasteiger partial charge >= 0.3 is 0 Å². The Labute approximate surface area is 160 Å². The SMILES string of the molecule is Cc1cc(=O)[nH]c(SC(C)C(=O)N(C)Cc2cc(-c3ccccc3)on2)n1. The van der Waals surface area contributed by atoms with Crippen LogP contribution in [0.1, 0.15) is 18.3 Å². The molecular formula is C19H20N4O3S. The van der Waals surface area contributed by atoms with Gasteiger partial charge in [0.15, 0.2) is 10.9 Å². The summed E-state index contributed by atoms with van der Waals surface area (Å²) in [5.74, 6) is 0.573. The second-order valence-corrected chi connectivity index (χ2v) is 7.52. The van der Waals surface area contributed by atoms with Gasteiger partial charge in [-0.05, 0) is 13.8 Å². The molecule has 3 rings (SSSR count). The Morgan fingerprint density at radius 2 is 2.04 bits per heavy atom. The van der Waals surface area contributed by atoms with Gasteiger partial charge in [0.05, 0.1) is 11.8 Å². The molecule has 8 heteroatoms. The van der Waals surface area contributed by atoms with Crippen LogP contribution in [0.3, 0.4) is 0 Å². The van der Waals surface area contributed by atoms with Gasteiger partial charge in [-0.3, -0.25) is 9.59 Å². The first-order valence-electron chi connectivity index (χ1n) is 8.43. The first-order chi connectivity index (χ1) is 12.9. The normalized spacial score (nSPS) is 12.0. The van der Waals surface area contributed by atoms with E-state index in [0.29, 0.717) is 28.8 Å². The Kier molecular flexibility index (Phi) is 5.75. The van der Waals surface area contributed by atoms with Crippen molar-refractivity contribution in [2.45, 2.75) is 30.8 Å². The van der Waals surface area contributed by atoms with Gasteiger partial charge in [-0.15, -0.1) is 0 Å². The van der Waals surface area contributed by atoms with Crippen LogP contribution in [0, 0.1) is 6.92 Å². The van der Waals surface area contributed by atoms with E-state index in [4.69, 9.17) is 4.52 Å². The third-order valence-electron chi connectivity index (χ3n) is 3.88. The highest BCUT2D eigenvalue weighted by Gasteiger charge is 2.21. The maximum Gasteiger partial charge on any atom is 0.251 e. The summed E-state index contributed by atoms with van der Waals surface area (Å²) in [7, 11) is 1.71. The molecule has 0 bridgehead atoms. The molecule has 0 saturated heterocycles. The maximum absolute atomic E-state index is 12.6. The van der Waals surface area contributed by atoms with Crippen molar-refractivity contribution in [1.82, 2.24) is 20.0 Å². The van der Waals surface area contributed by atoms with Crippen LogP contribution in [0.25, 0.3) is 11.3 Å². The van der Waals surface area contributed by atoms with Crippen molar-refractivity contribution in [3.63, 3.8) is 0 Å². The average Bonchev–Trinajstić information content (AvgIpc) is 3.09. The van der Waals surface area contributed by atoms with Crippen LogP contribution in [-0.4, -0.2) is 38.2 Å². The highest BCUT2D eigenvalue weighted by atomic mass is 32.2. The molecule has 3 aromatic rings. The lowest BCUT2D eigenvalue weighted by atomic mass is 10.1. The maximum atomic E-state index is 12.6. The van der Waals surface area contributed by atoms with Gasteiger partial charge in [0.1, 0.15) is 5.69 Å². The fourth-order valence-corrected chi connectivity index (χ4v) is 3.55. The molecular weight excluding hydrogens is 364 g/mol. The van der Waals surface area contributed by atoms with Crippen molar-refractivity contribution in [3.05, 3.63) is 64.2 Å². The summed E-state index contributed by atoms with van der Waals surface area (Å²) in [5.41, 5.74) is 1.99. The monoisotopic (exact) mass is 384 g/mol. The molecule has 2 heterocycles. The molecule has 0 aliphatic carbocycles. The molecule has 0 aliphatic rings. The second kappa shape index (κ2) is 8.22. The third kappa shape index (κ3) is 4.85. The molecule has 1 amide bonds. The lowest BCUT2D eigenvalue weighted by molar-refractivity contribution is -0.129. The van der Waals surface area contributed by atoms with Gasteiger partial charge in [-0.1, -0.05) is 47.3 Å². The van der Waals surface area contributed by atoms with E-state index in [1.165, 1.54) is 17.8 Å². The van der Waals surface area contributed by atoms with E-state index in [0.717, 1.165) is 5.56 Å². The van der Waals surface area contributed by atoms with Crippen LogP contribution in [-0.2, 0) is 11.3 Å². The molecule has 27 heavy (non-hydrogen) atoms. The Hall–Kier alpha value is -2.87. The van der Waals surface area contributed by atoms with E-state index in [1.807, 2.05) is 36.4 Å². The number of aromatic amines is 1. The van der Waals surface area contributed by atoms with E-state index in [9.17, 15) is 9.59 Å². The van der Waals surface area contributed by atoms with Gasteiger partial charge in [-0.2, -0.15) is 0 Å². The molecule has 0 aliphatic heterocycles. The van der Waals surface area contributed by atoms with Crippen LogP contribution in [0.5, 0.6) is 0 Å². The number of aryl methyl sites for hydroxylation is 1. The molecule has 0 radical (unpaired) electrons. The summed E-state index contributed by atoms with van der Waals surface area (Å²) in [6.07, 6.45) is 0. The predicted octanol–water partition coefficient (Wildman–Crippen LogP) is 2.87. The van der Waals surface area contributed by atoms with Crippen LogP contribution >= 0.6 is 11.8 Å². The Morgan fingerprint density at radius 1 is 1.30 bits per heavy atom. The van der Waals surface area contributed by atoms with E-state index in [2.05, 4.69) is 15.1 Å². The molecule has 0 fully saturated rings. The van der Waals surface area contributed by atoms with Gasteiger partial charge in [0, 0.05) is 30.4 Å². The molecule has 2 aromatic heterocycles. The quantitative estimate of drug-likeness (QED) is 0.519. The van der Waals surface area contributed by atoms with Gasteiger partial charge < -0.3 is 14.4 Å². The van der Waals surface area contributed by atoms with Gasteiger partial charge in [-0.25, -0.2) is 4.98 Å². The number of hydrogen-bond acceptors (Lipinski definition) is 6. The Morgan fingerprint density at radius 3 is 2.74 bits per heavy atom. The van der Waals surface area contributed by atoms with Crippen LogP contribution < -0.4 is 5.56 Å². The summed E-state index contributed by atoms with van der Waals surface area (Å²) >= 11 is 1.22. The molecule has 7 nitrogen and oxygen atoms in total. The number of H-pyrrole nitrogens is 1. The predicted molar refractivity (Wildman–Crippen MR) is 103 cm³/mol. The Bertz CT molecular complexity index is 984. The summed E-state index contributed by atoms with van der Waals surface area (Å²) in [6.45, 7) is 3.86. The van der Waals surface area contributed by atoms with Crippen molar-refractivity contribution in [2.24, 2.45) is 0 Å². The zero-order valence-electron chi connectivity index (χ0n) is 15.3. The molecule has 1 atom stereocenters. The number of aromatic nitrogens is 3. The fraction of sp³-hybridized carbons (Fsp3) is 0.263. The molecule has 1 unspecified atom stereocenters. The molecule has 0 spiro atoms. The van der Waals surface area contributed by atoms with Crippen molar-refractivity contribution < 1.29 is 9.32 Å². The number of carbonyl (C=O) groups excluding carboxylic acids is 1. The minimum Gasteiger partial charge on any atom is -0.356 e. The van der Waals surface area contributed by atoms with E-state index in [-0.39, 0.29) is 11.5 Å². The zero-order valence-corrected chi connectivity index (χ0v) is 16.1. The zero-order chi connectivity index (χ0) is 19.4. The van der Waals surface area contributed by atoms with Crippen LogP contribution in [0.15, 0.2) is 56.9 Å². The largest absolute Gasteiger partial charge is 0.356 e. The van der Waals surface area contributed by atoms with E-state index < -0.39 is 5.25 Å². The molecule has 0 saturated carbocycles. The fourth-order valence-electron chi connectivity index (χ4n) is 2.58. The van der Waals surface area contributed by atoms with Crippen molar-refractivity contribution >= 4 is 17.7 Å². The standard InChI is InChI=1S/C19H20N4O3S/c1-12-9-17(24)21-19(20-12)27-13(2)18(25)23(3)11-15-10-16(26-22-15)14-7-5-4-6-8-14/h4-10,13H,11H2,1-3H3,(H,20,21,24). The molecule has 1 N–H and O–H groups in total. The number of hydrogen-bond donors (Lipinski definition) is 1. The number of thioether (sulfide) groups is 1. The van der Waals surface area contributed by atoms with Crippen LogP contribution in [0.4, 0.5) is 0 Å². The van der Waals surface area contributed by atoms with Crippen LogP contribution in [0.2, 0.25) is 0 Å². The number of benzene rings is 1. The summed E-state index contributed by atoms with van der Waals surface area (Å²) in [6, 6.07) is 12.9. The van der Waals surface area contributed by atoms with Gasteiger partial charge in [0.25, 0.3) is 5.56 Å². The number of amides is 1. The first-order valence-corrected chi connectivity index (χ1v) is 9.31. The van der Waals surface area contributed by atoms with Crippen molar-refractivity contribution in [1.29, 1.82) is 0 Å². The summed E-state index contributed by atoms with van der Waals surface area (Å²) in [5, 5.41) is 4.08. The number of nitrogens with zero attached hydrogens (tertiary/aromatic N) is 3. The second-order valence-electron chi connectivity index (χ2n) is 6.19. The lowest BCUT2D eigenvalue weighted by Crippen LogP contribution is -2.33. The Balaban J connectivity index is 1.63. The number of carbonyl (C=O) groups is 1. The minimum atomic E-state index is -0.402. The third-order valence-corrected chi connectivity index (χ3v) is 4.85. The molecule has 1 aromatic carbocycles. The number of rotatable bonds is 6. The number of nitrogens with one attached hydrogen (secondary N) is 1. The first kappa shape index (κ1) is 18.9. The van der Waals surface area contributed by atoms with Crippen molar-refractivity contribution in [3.8, 4) is 11.3 Å².